The standard InChI is InChI=1S/C13H10Cl2N4/c1-8(11-3-2-9(14)4-12(11)15)19-13-7-17-10(5-16)6-18-13/h2-4,6-8H,1H3,(H,18,19). The minimum Gasteiger partial charge on any atom is -0.362 e. The van der Waals surface area contributed by atoms with E-state index in [1.165, 1.54) is 12.4 Å². The monoisotopic (exact) mass is 292 g/mol. The molecule has 1 unspecified atom stereocenters. The fraction of sp³-hybridized carbons (Fsp3) is 0.154. The number of nitrogens with one attached hydrogen (secondary N) is 1. The third-order valence-corrected chi connectivity index (χ3v) is 3.12. The van der Waals surface area contributed by atoms with Crippen LogP contribution in [0.1, 0.15) is 24.2 Å². The first-order valence-electron chi connectivity index (χ1n) is 5.54. The van der Waals surface area contributed by atoms with Gasteiger partial charge in [-0.15, -0.1) is 0 Å². The number of hydrogen-bond donors (Lipinski definition) is 1. The number of anilines is 1. The Kier molecular flexibility index (Phi) is 4.20. The number of benzene rings is 1. The molecule has 0 spiro atoms. The molecule has 4 nitrogen and oxygen atoms in total. The molecule has 0 aliphatic carbocycles. The molecule has 1 heterocycles. The van der Waals surface area contributed by atoms with Crippen molar-refractivity contribution in [1.82, 2.24) is 9.97 Å². The molecule has 2 aromatic rings. The molecule has 0 aliphatic heterocycles. The Morgan fingerprint density at radius 3 is 2.63 bits per heavy atom. The van der Waals surface area contributed by atoms with Crippen molar-refractivity contribution in [3.05, 3.63) is 51.9 Å². The van der Waals surface area contributed by atoms with E-state index >= 15 is 0 Å². The highest BCUT2D eigenvalue weighted by molar-refractivity contribution is 6.35. The summed E-state index contributed by atoms with van der Waals surface area (Å²) in [5.74, 6) is 0.581. The molecule has 0 saturated carbocycles. The molecule has 19 heavy (non-hydrogen) atoms. The summed E-state index contributed by atoms with van der Waals surface area (Å²) in [5, 5.41) is 13.0. The van der Waals surface area contributed by atoms with Gasteiger partial charge in [-0.1, -0.05) is 29.3 Å². The van der Waals surface area contributed by atoms with Crippen LogP contribution in [0.4, 0.5) is 5.82 Å². The lowest BCUT2D eigenvalue weighted by molar-refractivity contribution is 0.871. The van der Waals surface area contributed by atoms with E-state index in [0.29, 0.717) is 15.9 Å². The Hall–Kier alpha value is -1.83. The minimum atomic E-state index is -0.0491. The van der Waals surface area contributed by atoms with Gasteiger partial charge in [0, 0.05) is 10.0 Å². The van der Waals surface area contributed by atoms with Crippen LogP contribution in [0.5, 0.6) is 0 Å². The summed E-state index contributed by atoms with van der Waals surface area (Å²) in [6.45, 7) is 1.95. The lowest BCUT2D eigenvalue weighted by Crippen LogP contribution is -2.08. The lowest BCUT2D eigenvalue weighted by atomic mass is 10.1. The van der Waals surface area contributed by atoms with Gasteiger partial charge in [0.2, 0.25) is 0 Å². The molecule has 0 radical (unpaired) electrons. The van der Waals surface area contributed by atoms with Gasteiger partial charge in [-0.3, -0.25) is 0 Å². The molecular formula is C13H10Cl2N4. The molecule has 0 amide bonds. The zero-order chi connectivity index (χ0) is 13.8. The molecule has 1 N–H and O–H groups in total. The average Bonchev–Trinajstić information content (AvgIpc) is 2.39. The number of nitrogens with zero attached hydrogens (tertiary/aromatic N) is 3. The van der Waals surface area contributed by atoms with Crippen molar-refractivity contribution < 1.29 is 0 Å². The van der Waals surface area contributed by atoms with Crippen LogP contribution in [0, 0.1) is 11.3 Å². The summed E-state index contributed by atoms with van der Waals surface area (Å²) in [6.07, 6.45) is 2.93. The van der Waals surface area contributed by atoms with Gasteiger partial charge in [-0.05, 0) is 24.6 Å². The second kappa shape index (κ2) is 5.87. The van der Waals surface area contributed by atoms with Crippen molar-refractivity contribution in [3.8, 4) is 6.07 Å². The SMILES string of the molecule is CC(Nc1cnc(C#N)cn1)c1ccc(Cl)cc1Cl. The predicted octanol–water partition coefficient (Wildman–Crippen LogP) is 3.83. The number of hydrogen-bond acceptors (Lipinski definition) is 4. The fourth-order valence-electron chi connectivity index (χ4n) is 1.61. The maximum absolute atomic E-state index is 8.65. The first-order chi connectivity index (χ1) is 9.10. The molecule has 0 fully saturated rings. The van der Waals surface area contributed by atoms with Gasteiger partial charge in [-0.2, -0.15) is 5.26 Å². The Morgan fingerprint density at radius 1 is 1.26 bits per heavy atom. The van der Waals surface area contributed by atoms with Crippen LogP contribution in [0.15, 0.2) is 30.6 Å². The second-order valence-corrected chi connectivity index (χ2v) is 4.77. The number of aromatic nitrogens is 2. The van der Waals surface area contributed by atoms with Crippen LogP contribution >= 0.6 is 23.2 Å². The molecule has 1 aromatic heterocycles. The van der Waals surface area contributed by atoms with E-state index in [-0.39, 0.29) is 11.7 Å². The molecule has 0 saturated heterocycles. The molecular weight excluding hydrogens is 283 g/mol. The van der Waals surface area contributed by atoms with Crippen molar-refractivity contribution in [2.24, 2.45) is 0 Å². The highest BCUT2D eigenvalue weighted by Gasteiger charge is 2.10. The van der Waals surface area contributed by atoms with E-state index in [1.807, 2.05) is 19.1 Å². The Labute approximate surface area is 121 Å². The summed E-state index contributed by atoms with van der Waals surface area (Å²) in [7, 11) is 0. The van der Waals surface area contributed by atoms with Crippen molar-refractivity contribution >= 4 is 29.0 Å². The Bertz CT molecular complexity index is 620. The maximum atomic E-state index is 8.65. The lowest BCUT2D eigenvalue weighted by Gasteiger charge is -2.16. The third-order valence-electron chi connectivity index (χ3n) is 2.56. The van der Waals surface area contributed by atoms with E-state index < -0.39 is 0 Å². The highest BCUT2D eigenvalue weighted by Crippen LogP contribution is 2.27. The largest absolute Gasteiger partial charge is 0.362 e. The van der Waals surface area contributed by atoms with Crippen LogP contribution in [-0.4, -0.2) is 9.97 Å². The normalized spacial score (nSPS) is 11.7. The van der Waals surface area contributed by atoms with Crippen molar-refractivity contribution in [2.45, 2.75) is 13.0 Å². The second-order valence-electron chi connectivity index (χ2n) is 3.93. The summed E-state index contributed by atoms with van der Waals surface area (Å²) in [5.41, 5.74) is 1.19. The quantitative estimate of drug-likeness (QED) is 0.934. The van der Waals surface area contributed by atoms with Gasteiger partial charge >= 0.3 is 0 Å². The van der Waals surface area contributed by atoms with E-state index in [2.05, 4.69) is 15.3 Å². The smallest absolute Gasteiger partial charge is 0.158 e. The molecule has 0 aliphatic rings. The fourth-order valence-corrected chi connectivity index (χ4v) is 2.18. The molecule has 2 rings (SSSR count). The van der Waals surface area contributed by atoms with Crippen molar-refractivity contribution in [2.75, 3.05) is 5.32 Å². The van der Waals surface area contributed by atoms with Gasteiger partial charge in [0.05, 0.1) is 18.4 Å². The Balaban J connectivity index is 2.16. The molecule has 6 heteroatoms. The maximum Gasteiger partial charge on any atom is 0.158 e. The average molecular weight is 293 g/mol. The van der Waals surface area contributed by atoms with Gasteiger partial charge in [0.25, 0.3) is 0 Å². The van der Waals surface area contributed by atoms with Gasteiger partial charge in [0.1, 0.15) is 11.9 Å². The van der Waals surface area contributed by atoms with Crippen LogP contribution in [0.3, 0.4) is 0 Å². The van der Waals surface area contributed by atoms with Gasteiger partial charge in [0.15, 0.2) is 5.69 Å². The number of rotatable bonds is 3. The first-order valence-corrected chi connectivity index (χ1v) is 6.29. The summed E-state index contributed by atoms with van der Waals surface area (Å²) in [6, 6.07) is 7.21. The zero-order valence-electron chi connectivity index (χ0n) is 10.1. The number of halogens is 2. The van der Waals surface area contributed by atoms with E-state index in [0.717, 1.165) is 5.56 Å². The van der Waals surface area contributed by atoms with Gasteiger partial charge < -0.3 is 5.32 Å². The van der Waals surface area contributed by atoms with E-state index in [9.17, 15) is 0 Å². The molecule has 1 atom stereocenters. The third kappa shape index (κ3) is 3.34. The van der Waals surface area contributed by atoms with Crippen molar-refractivity contribution in [1.29, 1.82) is 5.26 Å². The van der Waals surface area contributed by atoms with Crippen LogP contribution in [0.2, 0.25) is 10.0 Å². The summed E-state index contributed by atoms with van der Waals surface area (Å²) in [4.78, 5) is 8.04. The zero-order valence-corrected chi connectivity index (χ0v) is 11.6. The molecule has 96 valence electrons. The van der Waals surface area contributed by atoms with Crippen LogP contribution in [0.25, 0.3) is 0 Å². The predicted molar refractivity (Wildman–Crippen MR) is 75.2 cm³/mol. The van der Waals surface area contributed by atoms with Crippen LogP contribution < -0.4 is 5.32 Å². The van der Waals surface area contributed by atoms with Crippen LogP contribution in [-0.2, 0) is 0 Å². The topological polar surface area (TPSA) is 61.6 Å². The molecule has 0 bridgehead atoms. The number of nitriles is 1. The minimum absolute atomic E-state index is 0.0491. The Morgan fingerprint density at radius 2 is 2.05 bits per heavy atom. The first kappa shape index (κ1) is 13.6. The molecule has 1 aromatic carbocycles. The summed E-state index contributed by atoms with van der Waals surface area (Å²) >= 11 is 12.0. The highest BCUT2D eigenvalue weighted by atomic mass is 35.5. The van der Waals surface area contributed by atoms with Gasteiger partial charge in [-0.25, -0.2) is 9.97 Å². The van der Waals surface area contributed by atoms with E-state index in [4.69, 9.17) is 28.5 Å². The van der Waals surface area contributed by atoms with E-state index in [1.54, 1.807) is 12.1 Å². The van der Waals surface area contributed by atoms with Crippen molar-refractivity contribution in [3.63, 3.8) is 0 Å². The summed E-state index contributed by atoms with van der Waals surface area (Å²) < 4.78 is 0.